The van der Waals surface area contributed by atoms with Gasteiger partial charge < -0.3 is 9.64 Å². The van der Waals surface area contributed by atoms with E-state index >= 15 is 0 Å². The molecule has 1 saturated heterocycles. The molecule has 0 radical (unpaired) electrons. The predicted octanol–water partition coefficient (Wildman–Crippen LogP) is 0.231. The van der Waals surface area contributed by atoms with Crippen LogP contribution in [0.1, 0.15) is 6.42 Å². The second-order valence-corrected chi connectivity index (χ2v) is 8.13. The van der Waals surface area contributed by atoms with Crippen molar-refractivity contribution in [3.05, 3.63) is 18.5 Å². The number of nitrogens with zero attached hydrogens (tertiary/aromatic N) is 3. The van der Waals surface area contributed by atoms with Gasteiger partial charge in [0, 0.05) is 32.1 Å². The first kappa shape index (κ1) is 17.2. The van der Waals surface area contributed by atoms with Crippen molar-refractivity contribution >= 4 is 27.5 Å². The van der Waals surface area contributed by atoms with Gasteiger partial charge in [0.15, 0.2) is 15.0 Å². The van der Waals surface area contributed by atoms with Gasteiger partial charge in [-0.25, -0.2) is 18.4 Å². The van der Waals surface area contributed by atoms with E-state index in [1.807, 2.05) is 0 Å². The highest BCUT2D eigenvalue weighted by Gasteiger charge is 2.34. The van der Waals surface area contributed by atoms with E-state index in [1.165, 1.54) is 11.8 Å². The molecule has 9 heteroatoms. The third kappa shape index (κ3) is 4.92. The zero-order valence-corrected chi connectivity index (χ0v) is 14.0. The van der Waals surface area contributed by atoms with Crippen molar-refractivity contribution in [2.24, 2.45) is 0 Å². The molecule has 122 valence electrons. The lowest BCUT2D eigenvalue weighted by Crippen LogP contribution is -2.44. The summed E-state index contributed by atoms with van der Waals surface area (Å²) in [6.45, 7) is 0.778. The van der Waals surface area contributed by atoms with E-state index in [1.54, 1.807) is 30.5 Å². The lowest BCUT2D eigenvalue weighted by Gasteiger charge is -2.27. The number of thioether (sulfide) groups is 1. The van der Waals surface area contributed by atoms with Crippen LogP contribution >= 0.6 is 11.8 Å². The molecule has 2 heterocycles. The summed E-state index contributed by atoms with van der Waals surface area (Å²) in [4.78, 5) is 22.1. The van der Waals surface area contributed by atoms with Crippen LogP contribution in [-0.4, -0.2) is 72.8 Å². The lowest BCUT2D eigenvalue weighted by atomic mass is 10.2. The number of aromatic nitrogens is 2. The second-order valence-electron chi connectivity index (χ2n) is 4.96. The Morgan fingerprint density at radius 1 is 1.45 bits per heavy atom. The molecule has 1 aliphatic rings. The van der Waals surface area contributed by atoms with Gasteiger partial charge >= 0.3 is 0 Å². The number of amides is 1. The molecular weight excluding hydrogens is 326 g/mol. The maximum absolute atomic E-state index is 12.4. The molecule has 1 aromatic heterocycles. The van der Waals surface area contributed by atoms with Gasteiger partial charge in [-0.05, 0) is 12.5 Å². The van der Waals surface area contributed by atoms with Crippen LogP contribution in [0.2, 0.25) is 0 Å². The molecule has 0 aromatic carbocycles. The Hall–Kier alpha value is -1.19. The molecule has 0 unspecified atom stereocenters. The molecule has 7 nitrogen and oxygen atoms in total. The van der Waals surface area contributed by atoms with E-state index < -0.39 is 9.84 Å². The highest BCUT2D eigenvalue weighted by atomic mass is 32.2. The van der Waals surface area contributed by atoms with Gasteiger partial charge in [-0.2, -0.15) is 0 Å². The zero-order valence-electron chi connectivity index (χ0n) is 12.3. The maximum atomic E-state index is 12.4. The van der Waals surface area contributed by atoms with Gasteiger partial charge in [-0.15, -0.1) is 0 Å². The highest BCUT2D eigenvalue weighted by molar-refractivity contribution is 7.99. The van der Waals surface area contributed by atoms with Crippen molar-refractivity contribution in [2.75, 3.05) is 37.5 Å². The third-order valence-corrected chi connectivity index (χ3v) is 5.98. The number of sulfone groups is 1. The minimum absolute atomic E-state index is 0.0367. The standard InChI is InChI=1S/C13H19N3O4S2/c1-20-7-6-16(11-3-8-22(18,19)10-11)12(17)9-21-13-14-4-2-5-15-13/h2,4-5,11H,3,6-10H2,1H3/t11-/m0/s1. The normalized spacial score (nSPS) is 20.0. The fraction of sp³-hybridized carbons (Fsp3) is 0.615. The summed E-state index contributed by atoms with van der Waals surface area (Å²) in [7, 11) is -1.48. The van der Waals surface area contributed by atoms with E-state index in [-0.39, 0.29) is 29.2 Å². The summed E-state index contributed by atoms with van der Waals surface area (Å²) in [6, 6.07) is 1.45. The quantitative estimate of drug-likeness (QED) is 0.516. The first-order chi connectivity index (χ1) is 10.5. The minimum Gasteiger partial charge on any atom is -0.383 e. The molecule has 1 aromatic rings. The van der Waals surface area contributed by atoms with Crippen molar-refractivity contribution in [3.8, 4) is 0 Å². The van der Waals surface area contributed by atoms with Crippen molar-refractivity contribution in [1.82, 2.24) is 14.9 Å². The molecule has 22 heavy (non-hydrogen) atoms. The minimum atomic E-state index is -3.03. The molecule has 0 saturated carbocycles. The van der Waals surface area contributed by atoms with Crippen molar-refractivity contribution in [3.63, 3.8) is 0 Å². The number of hydrogen-bond donors (Lipinski definition) is 0. The highest BCUT2D eigenvalue weighted by Crippen LogP contribution is 2.20. The Kier molecular flexibility index (Phi) is 6.16. The summed E-state index contributed by atoms with van der Waals surface area (Å²) in [5.41, 5.74) is 0. The molecule has 0 N–H and O–H groups in total. The Bertz CT molecular complexity index is 595. The molecule has 0 bridgehead atoms. The van der Waals surface area contributed by atoms with Crippen LogP contribution in [0.5, 0.6) is 0 Å². The zero-order chi connectivity index (χ0) is 16.0. The van der Waals surface area contributed by atoms with Crippen LogP contribution in [0.25, 0.3) is 0 Å². The number of rotatable bonds is 7. The number of hydrogen-bond acceptors (Lipinski definition) is 7. The van der Waals surface area contributed by atoms with Gasteiger partial charge in [-0.3, -0.25) is 4.79 Å². The van der Waals surface area contributed by atoms with Gasteiger partial charge in [0.25, 0.3) is 0 Å². The van der Waals surface area contributed by atoms with E-state index in [0.717, 1.165) is 0 Å². The Morgan fingerprint density at radius 3 is 2.77 bits per heavy atom. The summed E-state index contributed by atoms with van der Waals surface area (Å²) in [5, 5.41) is 0.529. The van der Waals surface area contributed by atoms with Crippen molar-refractivity contribution in [2.45, 2.75) is 17.6 Å². The van der Waals surface area contributed by atoms with Crippen LogP contribution in [0.15, 0.2) is 23.6 Å². The molecule has 1 fully saturated rings. The average Bonchev–Trinajstić information content (AvgIpc) is 2.86. The molecule has 1 aliphatic heterocycles. The van der Waals surface area contributed by atoms with Crippen molar-refractivity contribution in [1.29, 1.82) is 0 Å². The van der Waals surface area contributed by atoms with Crippen LogP contribution in [0, 0.1) is 0 Å². The second kappa shape index (κ2) is 7.89. The largest absolute Gasteiger partial charge is 0.383 e. The van der Waals surface area contributed by atoms with Gasteiger partial charge in [0.1, 0.15) is 0 Å². The molecular formula is C13H19N3O4S2. The molecule has 1 atom stereocenters. The van der Waals surface area contributed by atoms with E-state index in [4.69, 9.17) is 4.74 Å². The topological polar surface area (TPSA) is 89.5 Å². The Balaban J connectivity index is 1.97. The van der Waals surface area contributed by atoms with Gasteiger partial charge in [0.2, 0.25) is 5.91 Å². The molecule has 0 spiro atoms. The lowest BCUT2D eigenvalue weighted by molar-refractivity contribution is -0.130. The van der Waals surface area contributed by atoms with E-state index in [0.29, 0.717) is 24.7 Å². The third-order valence-electron chi connectivity index (χ3n) is 3.37. The SMILES string of the molecule is COCCN(C(=O)CSc1ncccn1)[C@H]1CCS(=O)(=O)C1. The molecule has 2 rings (SSSR count). The van der Waals surface area contributed by atoms with Crippen molar-refractivity contribution < 1.29 is 17.9 Å². The first-order valence-electron chi connectivity index (χ1n) is 6.90. The van der Waals surface area contributed by atoms with Crippen LogP contribution in [0.4, 0.5) is 0 Å². The average molecular weight is 345 g/mol. The predicted molar refractivity (Wildman–Crippen MR) is 83.4 cm³/mol. The van der Waals surface area contributed by atoms with Crippen LogP contribution in [-0.2, 0) is 19.4 Å². The summed E-state index contributed by atoms with van der Waals surface area (Å²) in [5.74, 6) is 0.249. The Labute approximate surface area is 134 Å². The summed E-state index contributed by atoms with van der Waals surface area (Å²) < 4.78 is 28.3. The maximum Gasteiger partial charge on any atom is 0.233 e. The van der Waals surface area contributed by atoms with Crippen LogP contribution < -0.4 is 0 Å². The summed E-state index contributed by atoms with van der Waals surface area (Å²) >= 11 is 1.25. The first-order valence-corrected chi connectivity index (χ1v) is 9.71. The smallest absolute Gasteiger partial charge is 0.233 e. The monoisotopic (exact) mass is 345 g/mol. The Morgan fingerprint density at radius 2 is 2.18 bits per heavy atom. The number of methoxy groups -OCH3 is 1. The van der Waals surface area contributed by atoms with Gasteiger partial charge in [0.05, 0.1) is 23.9 Å². The fourth-order valence-electron chi connectivity index (χ4n) is 2.29. The number of carbonyl (C=O) groups excluding carboxylic acids is 1. The van der Waals surface area contributed by atoms with E-state index in [9.17, 15) is 13.2 Å². The number of carbonyl (C=O) groups is 1. The molecule has 0 aliphatic carbocycles. The summed E-state index contributed by atoms with van der Waals surface area (Å²) in [6.07, 6.45) is 3.72. The molecule has 1 amide bonds. The fourth-order valence-corrected chi connectivity index (χ4v) is 4.71. The number of ether oxygens (including phenoxy) is 1. The van der Waals surface area contributed by atoms with Gasteiger partial charge in [-0.1, -0.05) is 11.8 Å². The van der Waals surface area contributed by atoms with Crippen LogP contribution in [0.3, 0.4) is 0 Å². The van der Waals surface area contributed by atoms with E-state index in [2.05, 4.69) is 9.97 Å².